The second kappa shape index (κ2) is 12.8. The van der Waals surface area contributed by atoms with Crippen LogP contribution in [0.1, 0.15) is 76.1 Å². The van der Waals surface area contributed by atoms with Crippen molar-refractivity contribution in [2.24, 2.45) is 5.92 Å². The van der Waals surface area contributed by atoms with Crippen LogP contribution in [0.3, 0.4) is 0 Å². The van der Waals surface area contributed by atoms with Gasteiger partial charge in [0.1, 0.15) is 0 Å². The summed E-state index contributed by atoms with van der Waals surface area (Å²) in [5, 5.41) is 4.53. The summed E-state index contributed by atoms with van der Waals surface area (Å²) >= 11 is 0. The number of benzene rings is 1. The molecule has 1 atom stereocenters. The number of imidazole rings is 1. The van der Waals surface area contributed by atoms with Gasteiger partial charge in [-0.1, -0.05) is 56.0 Å². The summed E-state index contributed by atoms with van der Waals surface area (Å²) in [5.74, 6) is 0.232. The third kappa shape index (κ3) is 6.19. The first-order valence-electron chi connectivity index (χ1n) is 15.0. The number of amides is 2. The average molecular weight is 577 g/mol. The number of fused-ring (bicyclic) bond motifs is 1. The highest BCUT2D eigenvalue weighted by Gasteiger charge is 2.37. The van der Waals surface area contributed by atoms with Crippen LogP contribution in [0.25, 0.3) is 11.4 Å². The molecule has 1 fully saturated rings. The van der Waals surface area contributed by atoms with Gasteiger partial charge in [0.2, 0.25) is 6.29 Å². The van der Waals surface area contributed by atoms with E-state index in [2.05, 4.69) is 11.2 Å². The number of aromatic nitrogens is 4. The van der Waals surface area contributed by atoms with Gasteiger partial charge in [0.05, 0.1) is 36.5 Å². The number of rotatable bonds is 9. The first-order valence-corrected chi connectivity index (χ1v) is 15.0. The molecule has 0 radical (unpaired) electrons. The van der Waals surface area contributed by atoms with E-state index in [1.807, 2.05) is 45.2 Å². The molecule has 5 rings (SSSR count). The van der Waals surface area contributed by atoms with Crippen molar-refractivity contribution in [1.82, 2.24) is 24.2 Å². The van der Waals surface area contributed by atoms with Crippen LogP contribution in [0.4, 0.5) is 15.4 Å². The van der Waals surface area contributed by atoms with Crippen LogP contribution in [0.5, 0.6) is 0 Å². The second-order valence-electron chi connectivity index (χ2n) is 11.1. The summed E-state index contributed by atoms with van der Waals surface area (Å²) in [5.41, 5.74) is 3.40. The maximum atomic E-state index is 13.8. The quantitative estimate of drug-likeness (QED) is 0.236. The number of ether oxygens (including phenoxy) is 2. The van der Waals surface area contributed by atoms with Gasteiger partial charge in [-0.05, 0) is 38.7 Å². The molecule has 0 bridgehead atoms. The second-order valence-corrected chi connectivity index (χ2v) is 11.1. The fraction of sp³-hybridized carbons (Fsp3) is 0.516. The first-order chi connectivity index (χ1) is 20.3. The molecule has 11 heteroatoms. The Bertz CT molecular complexity index is 1440. The van der Waals surface area contributed by atoms with E-state index in [9.17, 15) is 14.4 Å². The summed E-state index contributed by atoms with van der Waals surface area (Å²) < 4.78 is 14.4. The third-order valence-electron chi connectivity index (χ3n) is 7.85. The molecular formula is C31H40N6O5. The Hall–Kier alpha value is -4.15. The molecule has 1 unspecified atom stereocenters. The van der Waals surface area contributed by atoms with Crippen molar-refractivity contribution in [2.75, 3.05) is 18.0 Å². The Labute approximate surface area is 246 Å². The Morgan fingerprint density at radius 1 is 1.12 bits per heavy atom. The molecule has 1 aromatic carbocycles. The number of carbonyl (C=O) groups is 3. The van der Waals surface area contributed by atoms with E-state index in [4.69, 9.17) is 14.5 Å². The van der Waals surface area contributed by atoms with Gasteiger partial charge in [0.15, 0.2) is 11.6 Å². The Kier molecular flexibility index (Phi) is 8.94. The summed E-state index contributed by atoms with van der Waals surface area (Å²) in [6, 6.07) is 8.03. The van der Waals surface area contributed by atoms with E-state index in [-0.39, 0.29) is 24.5 Å². The van der Waals surface area contributed by atoms with E-state index in [0.717, 1.165) is 49.7 Å². The molecule has 42 heavy (non-hydrogen) atoms. The molecule has 2 aliphatic rings. The lowest BCUT2D eigenvalue weighted by Crippen LogP contribution is -2.48. The minimum Gasteiger partial charge on any atom is -0.425 e. The number of anilines is 1. The van der Waals surface area contributed by atoms with Crippen molar-refractivity contribution < 1.29 is 23.9 Å². The van der Waals surface area contributed by atoms with Gasteiger partial charge in [-0.15, -0.1) is 0 Å². The molecule has 2 amide bonds. The van der Waals surface area contributed by atoms with Gasteiger partial charge in [0.25, 0.3) is 0 Å². The summed E-state index contributed by atoms with van der Waals surface area (Å²) in [7, 11) is 0. The van der Waals surface area contributed by atoms with Crippen molar-refractivity contribution in [3.63, 3.8) is 0 Å². The first kappa shape index (κ1) is 29.3. The summed E-state index contributed by atoms with van der Waals surface area (Å²) in [4.78, 5) is 47.8. The topological polar surface area (TPSA) is 112 Å². The number of urea groups is 1. The largest absolute Gasteiger partial charge is 0.425 e. The van der Waals surface area contributed by atoms with Crippen molar-refractivity contribution in [2.45, 2.75) is 85.6 Å². The Morgan fingerprint density at radius 3 is 2.62 bits per heavy atom. The zero-order valence-electron chi connectivity index (χ0n) is 24.9. The lowest BCUT2D eigenvalue weighted by Gasteiger charge is -2.34. The maximum Gasteiger partial charge on any atom is 0.423 e. The number of carbonyl (C=O) groups excluding carboxylic acids is 3. The highest BCUT2D eigenvalue weighted by atomic mass is 16.7. The van der Waals surface area contributed by atoms with Crippen molar-refractivity contribution in [1.29, 1.82) is 0 Å². The molecule has 1 aliphatic heterocycles. The summed E-state index contributed by atoms with van der Waals surface area (Å²) in [6.07, 6.45) is 7.14. The van der Waals surface area contributed by atoms with E-state index >= 15 is 0 Å². The Morgan fingerprint density at radius 2 is 1.90 bits per heavy atom. The number of aryl methyl sites for hydroxylation is 1. The molecule has 0 saturated heterocycles. The van der Waals surface area contributed by atoms with E-state index < -0.39 is 12.4 Å². The van der Waals surface area contributed by atoms with Crippen LogP contribution in [0.15, 0.2) is 36.7 Å². The molecule has 3 heterocycles. The molecule has 3 aromatic rings. The molecule has 0 N–H and O–H groups in total. The standard InChI is InChI=1S/C31H40N6O5/c1-5-15-34-20-26-28(36(6-2)30(34)39)33-27(25-17-32-35(19-25)18-23-12-10-11-21(3)16-23)37(26)31(40)42-22(4)41-29(38)24-13-8-7-9-14-24/h10-12,16-17,19,22,24H,5-9,13-15,18,20H2,1-4H3. The van der Waals surface area contributed by atoms with Gasteiger partial charge >= 0.3 is 18.1 Å². The smallest absolute Gasteiger partial charge is 0.423 e. The zero-order chi connectivity index (χ0) is 29.8. The van der Waals surface area contributed by atoms with Gasteiger partial charge < -0.3 is 14.4 Å². The molecule has 1 saturated carbocycles. The third-order valence-corrected chi connectivity index (χ3v) is 7.85. The van der Waals surface area contributed by atoms with Crippen LogP contribution >= 0.6 is 0 Å². The van der Waals surface area contributed by atoms with Gasteiger partial charge in [0, 0.05) is 26.2 Å². The molecule has 2 aromatic heterocycles. The number of esters is 1. The van der Waals surface area contributed by atoms with Gasteiger partial charge in [-0.25, -0.2) is 19.1 Å². The van der Waals surface area contributed by atoms with E-state index in [1.165, 1.54) is 4.57 Å². The van der Waals surface area contributed by atoms with Crippen LogP contribution < -0.4 is 4.90 Å². The SMILES string of the molecule is CCCN1Cc2c(nc(-c3cnn(Cc4cccc(C)c4)c3)n2C(=O)OC(C)OC(=O)C2CCCCC2)N(CC)C1=O. The minimum atomic E-state index is -1.08. The molecule has 11 nitrogen and oxygen atoms in total. The van der Waals surface area contributed by atoms with E-state index in [0.29, 0.717) is 42.5 Å². The van der Waals surface area contributed by atoms with Crippen LogP contribution in [-0.2, 0) is 27.4 Å². The molecular weight excluding hydrogens is 536 g/mol. The zero-order valence-corrected chi connectivity index (χ0v) is 24.9. The number of nitrogens with zero attached hydrogens (tertiary/aromatic N) is 6. The minimum absolute atomic E-state index is 0.152. The van der Waals surface area contributed by atoms with Crippen LogP contribution in [0, 0.1) is 12.8 Å². The molecule has 0 spiro atoms. The average Bonchev–Trinajstić information content (AvgIpc) is 3.58. The van der Waals surface area contributed by atoms with Gasteiger partial charge in [-0.2, -0.15) is 5.10 Å². The normalized spacial score (nSPS) is 16.3. The Balaban J connectivity index is 1.46. The van der Waals surface area contributed by atoms with E-state index in [1.54, 1.807) is 27.6 Å². The predicted molar refractivity (Wildman–Crippen MR) is 157 cm³/mol. The predicted octanol–water partition coefficient (Wildman–Crippen LogP) is 5.73. The van der Waals surface area contributed by atoms with Crippen molar-refractivity contribution >= 4 is 23.9 Å². The van der Waals surface area contributed by atoms with Gasteiger partial charge in [-0.3, -0.25) is 14.4 Å². The van der Waals surface area contributed by atoms with Crippen LogP contribution in [0.2, 0.25) is 0 Å². The lowest BCUT2D eigenvalue weighted by atomic mass is 9.89. The molecule has 224 valence electrons. The van der Waals surface area contributed by atoms with Crippen molar-refractivity contribution in [3.8, 4) is 11.4 Å². The molecule has 1 aliphatic carbocycles. The maximum absolute atomic E-state index is 13.8. The number of hydrogen-bond donors (Lipinski definition) is 0. The van der Waals surface area contributed by atoms with Crippen molar-refractivity contribution in [3.05, 3.63) is 53.5 Å². The highest BCUT2D eigenvalue weighted by Crippen LogP contribution is 2.34. The fourth-order valence-corrected chi connectivity index (χ4v) is 5.81. The summed E-state index contributed by atoms with van der Waals surface area (Å²) in [6.45, 7) is 9.14. The fourth-order valence-electron chi connectivity index (χ4n) is 5.81. The lowest BCUT2D eigenvalue weighted by molar-refractivity contribution is -0.170. The monoisotopic (exact) mass is 576 g/mol. The highest BCUT2D eigenvalue weighted by molar-refractivity contribution is 5.95. The number of hydrogen-bond acceptors (Lipinski definition) is 7. The van der Waals surface area contributed by atoms with Crippen LogP contribution in [-0.4, -0.2) is 61.7 Å².